The first-order chi connectivity index (χ1) is 10.1. The molecule has 1 saturated heterocycles. The fourth-order valence-corrected chi connectivity index (χ4v) is 2.97. The van der Waals surface area contributed by atoms with Crippen molar-refractivity contribution in [2.75, 3.05) is 26.8 Å². The molecule has 1 amide bonds. The molecule has 0 radical (unpaired) electrons. The molecule has 1 N–H and O–H groups in total. The van der Waals surface area contributed by atoms with Crippen molar-refractivity contribution in [3.8, 4) is 5.75 Å². The Balaban J connectivity index is 1.97. The van der Waals surface area contributed by atoms with Gasteiger partial charge in [0.1, 0.15) is 5.75 Å². The van der Waals surface area contributed by atoms with E-state index in [-0.39, 0.29) is 12.5 Å². The summed E-state index contributed by atoms with van der Waals surface area (Å²) < 4.78 is 5.31. The molecule has 0 aromatic heterocycles. The quantitative estimate of drug-likeness (QED) is 0.904. The summed E-state index contributed by atoms with van der Waals surface area (Å²) in [5.74, 6) is 1.45. The van der Waals surface area contributed by atoms with Crippen molar-refractivity contribution in [1.29, 1.82) is 0 Å². The number of hydrogen-bond acceptors (Lipinski definition) is 3. The normalized spacial score (nSPS) is 18.6. The molecule has 1 aliphatic heterocycles. The fraction of sp³-hybridized carbons (Fsp3) is 0.588. The Morgan fingerprint density at radius 3 is 3.00 bits per heavy atom. The van der Waals surface area contributed by atoms with Crippen LogP contribution in [-0.4, -0.2) is 42.7 Å². The van der Waals surface area contributed by atoms with E-state index in [0.29, 0.717) is 12.3 Å². The van der Waals surface area contributed by atoms with Crippen molar-refractivity contribution in [3.63, 3.8) is 0 Å². The van der Waals surface area contributed by atoms with Crippen LogP contribution in [0, 0.1) is 12.8 Å². The van der Waals surface area contributed by atoms with Crippen LogP contribution in [0.25, 0.3) is 0 Å². The Hall–Kier alpha value is -1.55. The smallest absolute Gasteiger partial charge is 0.227 e. The minimum atomic E-state index is 0.170. The maximum absolute atomic E-state index is 12.4. The van der Waals surface area contributed by atoms with E-state index in [1.54, 1.807) is 7.11 Å². The second-order valence-electron chi connectivity index (χ2n) is 5.84. The maximum atomic E-state index is 12.4. The zero-order valence-electron chi connectivity index (χ0n) is 13.0. The lowest BCUT2D eigenvalue weighted by Gasteiger charge is -2.32. The molecule has 1 aromatic rings. The van der Waals surface area contributed by atoms with Gasteiger partial charge in [0.2, 0.25) is 5.91 Å². The number of likely N-dealkylation sites (tertiary alicyclic amines) is 1. The summed E-state index contributed by atoms with van der Waals surface area (Å²) in [6.07, 6.45) is 3.36. The molecule has 1 heterocycles. The van der Waals surface area contributed by atoms with Crippen molar-refractivity contribution < 1.29 is 14.6 Å². The van der Waals surface area contributed by atoms with Gasteiger partial charge in [0, 0.05) is 19.7 Å². The van der Waals surface area contributed by atoms with Gasteiger partial charge in [0.15, 0.2) is 0 Å². The highest BCUT2D eigenvalue weighted by Gasteiger charge is 2.23. The number of benzene rings is 1. The maximum Gasteiger partial charge on any atom is 0.227 e. The number of hydrogen-bond donors (Lipinski definition) is 1. The molecule has 21 heavy (non-hydrogen) atoms. The number of aryl methyl sites for hydroxylation is 1. The molecule has 0 aliphatic carbocycles. The number of amides is 1. The average Bonchev–Trinajstić information content (AvgIpc) is 2.50. The first-order valence-corrected chi connectivity index (χ1v) is 7.66. The first kappa shape index (κ1) is 15.8. The number of carbonyl (C=O) groups excluding carboxylic acids is 1. The van der Waals surface area contributed by atoms with Gasteiger partial charge >= 0.3 is 0 Å². The van der Waals surface area contributed by atoms with Crippen LogP contribution in [0.2, 0.25) is 0 Å². The molecule has 1 atom stereocenters. The molecule has 116 valence electrons. The standard InChI is InChI=1S/C17H25NO3/c1-13-5-6-15(10-16(13)21-2)11-17(20)18-8-3-4-14(12-18)7-9-19/h5-6,10,14,19H,3-4,7-9,11-12H2,1-2H3. The SMILES string of the molecule is COc1cc(CC(=O)N2CCCC(CCO)C2)ccc1C. The Bertz CT molecular complexity index is 485. The average molecular weight is 291 g/mol. The highest BCUT2D eigenvalue weighted by atomic mass is 16.5. The number of nitrogens with zero attached hydrogens (tertiary/aromatic N) is 1. The summed E-state index contributed by atoms with van der Waals surface area (Å²) in [6.45, 7) is 3.82. The molecule has 0 saturated carbocycles. The van der Waals surface area contributed by atoms with E-state index >= 15 is 0 Å². The van der Waals surface area contributed by atoms with Crippen molar-refractivity contribution in [2.24, 2.45) is 5.92 Å². The zero-order chi connectivity index (χ0) is 15.2. The van der Waals surface area contributed by atoms with E-state index in [0.717, 1.165) is 49.2 Å². The number of rotatable bonds is 5. The summed E-state index contributed by atoms with van der Waals surface area (Å²) >= 11 is 0. The largest absolute Gasteiger partial charge is 0.496 e. The molecule has 0 spiro atoms. The summed E-state index contributed by atoms with van der Waals surface area (Å²) in [5.41, 5.74) is 2.07. The Labute approximate surface area is 126 Å². The number of methoxy groups -OCH3 is 1. The van der Waals surface area contributed by atoms with Crippen LogP contribution in [0.1, 0.15) is 30.4 Å². The predicted octanol–water partition coefficient (Wildman–Crippen LogP) is 2.17. The zero-order valence-corrected chi connectivity index (χ0v) is 13.0. The Morgan fingerprint density at radius 1 is 1.48 bits per heavy atom. The Morgan fingerprint density at radius 2 is 2.29 bits per heavy atom. The number of ether oxygens (including phenoxy) is 1. The molecule has 4 heteroatoms. The minimum absolute atomic E-state index is 0.170. The highest BCUT2D eigenvalue weighted by Crippen LogP contribution is 2.22. The summed E-state index contributed by atoms with van der Waals surface area (Å²) in [7, 11) is 1.65. The molecule has 4 nitrogen and oxygen atoms in total. The van der Waals surface area contributed by atoms with E-state index in [1.165, 1.54) is 0 Å². The molecular formula is C17H25NO3. The Kier molecular flexibility index (Phi) is 5.62. The predicted molar refractivity (Wildman–Crippen MR) is 82.4 cm³/mol. The third kappa shape index (κ3) is 4.21. The van der Waals surface area contributed by atoms with Gasteiger partial charge in [-0.05, 0) is 49.3 Å². The van der Waals surface area contributed by atoms with Gasteiger partial charge in [0.05, 0.1) is 13.5 Å². The van der Waals surface area contributed by atoms with Gasteiger partial charge in [-0.15, -0.1) is 0 Å². The number of carbonyl (C=O) groups is 1. The number of piperidine rings is 1. The van der Waals surface area contributed by atoms with Crippen LogP contribution < -0.4 is 4.74 Å². The topological polar surface area (TPSA) is 49.8 Å². The minimum Gasteiger partial charge on any atom is -0.496 e. The van der Waals surface area contributed by atoms with E-state index in [4.69, 9.17) is 9.84 Å². The number of aliphatic hydroxyl groups excluding tert-OH is 1. The van der Waals surface area contributed by atoms with Gasteiger partial charge < -0.3 is 14.7 Å². The van der Waals surface area contributed by atoms with Crippen LogP contribution in [0.15, 0.2) is 18.2 Å². The van der Waals surface area contributed by atoms with E-state index < -0.39 is 0 Å². The lowest BCUT2D eigenvalue weighted by Crippen LogP contribution is -2.40. The van der Waals surface area contributed by atoms with E-state index in [1.807, 2.05) is 30.0 Å². The van der Waals surface area contributed by atoms with E-state index in [9.17, 15) is 4.79 Å². The number of aliphatic hydroxyl groups is 1. The van der Waals surface area contributed by atoms with E-state index in [2.05, 4.69) is 0 Å². The molecule has 1 fully saturated rings. The van der Waals surface area contributed by atoms with Crippen molar-refractivity contribution in [3.05, 3.63) is 29.3 Å². The van der Waals surface area contributed by atoms with Crippen LogP contribution in [0.4, 0.5) is 0 Å². The van der Waals surface area contributed by atoms with Gasteiger partial charge in [-0.1, -0.05) is 12.1 Å². The van der Waals surface area contributed by atoms with Crippen LogP contribution in [-0.2, 0) is 11.2 Å². The van der Waals surface area contributed by atoms with Crippen molar-refractivity contribution in [2.45, 2.75) is 32.6 Å². The fourth-order valence-electron chi connectivity index (χ4n) is 2.97. The van der Waals surface area contributed by atoms with Gasteiger partial charge in [-0.25, -0.2) is 0 Å². The lowest BCUT2D eigenvalue weighted by atomic mass is 9.94. The highest BCUT2D eigenvalue weighted by molar-refractivity contribution is 5.79. The van der Waals surface area contributed by atoms with Crippen LogP contribution >= 0.6 is 0 Å². The second-order valence-corrected chi connectivity index (χ2v) is 5.84. The van der Waals surface area contributed by atoms with Crippen LogP contribution in [0.3, 0.4) is 0 Å². The summed E-state index contributed by atoms with van der Waals surface area (Å²) in [4.78, 5) is 14.4. The summed E-state index contributed by atoms with van der Waals surface area (Å²) in [6, 6.07) is 5.93. The van der Waals surface area contributed by atoms with Gasteiger partial charge in [-0.3, -0.25) is 4.79 Å². The van der Waals surface area contributed by atoms with Gasteiger partial charge in [0.25, 0.3) is 0 Å². The van der Waals surface area contributed by atoms with Gasteiger partial charge in [-0.2, -0.15) is 0 Å². The third-order valence-electron chi connectivity index (χ3n) is 4.24. The lowest BCUT2D eigenvalue weighted by molar-refractivity contribution is -0.132. The first-order valence-electron chi connectivity index (χ1n) is 7.66. The molecule has 1 aliphatic rings. The third-order valence-corrected chi connectivity index (χ3v) is 4.24. The van der Waals surface area contributed by atoms with Crippen molar-refractivity contribution >= 4 is 5.91 Å². The molecule has 1 unspecified atom stereocenters. The molecular weight excluding hydrogens is 266 g/mol. The summed E-state index contributed by atoms with van der Waals surface area (Å²) in [5, 5.41) is 9.04. The molecule has 1 aromatic carbocycles. The monoisotopic (exact) mass is 291 g/mol. The second kappa shape index (κ2) is 7.46. The van der Waals surface area contributed by atoms with Crippen LogP contribution in [0.5, 0.6) is 5.75 Å². The van der Waals surface area contributed by atoms with Crippen molar-refractivity contribution in [1.82, 2.24) is 4.90 Å². The molecule has 0 bridgehead atoms. The molecule has 2 rings (SSSR count).